The number of hydrogen-bond donors (Lipinski definition) is 2. The Hall–Kier alpha value is -1.49. The Morgan fingerprint density at radius 2 is 1.90 bits per heavy atom. The van der Waals surface area contributed by atoms with Gasteiger partial charge in [0, 0.05) is 11.1 Å². The van der Waals surface area contributed by atoms with E-state index in [0.717, 1.165) is 36.2 Å². The molecule has 0 saturated carbocycles. The fourth-order valence-electron chi connectivity index (χ4n) is 3.22. The summed E-state index contributed by atoms with van der Waals surface area (Å²) in [6.07, 6.45) is 1.49. The number of nitrogens with one attached hydrogen (secondary N) is 1. The third kappa shape index (κ3) is 5.66. The van der Waals surface area contributed by atoms with Gasteiger partial charge >= 0.3 is 0 Å². The molecule has 3 rings (SSSR count). The molecule has 1 aliphatic heterocycles. The minimum atomic E-state index is -3.91. The predicted molar refractivity (Wildman–Crippen MR) is 126 cm³/mol. The van der Waals surface area contributed by atoms with Gasteiger partial charge in [-0.2, -0.15) is 0 Å². The Bertz CT molecular complexity index is 1160. The average Bonchev–Trinajstić information content (AvgIpc) is 2.67. The lowest BCUT2D eigenvalue weighted by Crippen LogP contribution is -2.40. The Morgan fingerprint density at radius 3 is 2.55 bits per heavy atom. The first-order chi connectivity index (χ1) is 14.5. The van der Waals surface area contributed by atoms with Gasteiger partial charge in [-0.1, -0.05) is 46.6 Å². The number of halogens is 3. The number of carbonyl (C=O) groups is 2. The second kappa shape index (κ2) is 9.56. The van der Waals surface area contributed by atoms with Gasteiger partial charge in [-0.3, -0.25) is 14.5 Å². The zero-order chi connectivity index (χ0) is 22.9. The molecule has 31 heavy (non-hydrogen) atoms. The number of anilines is 2. The van der Waals surface area contributed by atoms with Crippen LogP contribution < -0.4 is 15.4 Å². The number of thioether (sulfide) groups is 1. The largest absolute Gasteiger partial charge is 0.324 e. The van der Waals surface area contributed by atoms with Crippen LogP contribution in [-0.4, -0.2) is 31.4 Å². The average molecular weight is 523 g/mol. The number of hydrogen-bond acceptors (Lipinski definition) is 5. The number of primary sulfonamides is 1. The summed E-state index contributed by atoms with van der Waals surface area (Å²) in [5.74, 6) is -0.647. The van der Waals surface area contributed by atoms with Gasteiger partial charge in [0.1, 0.15) is 0 Å². The molecule has 7 nitrogen and oxygen atoms in total. The number of aryl methyl sites for hydroxylation is 1. The maximum atomic E-state index is 12.9. The normalized spacial score (nSPS) is 16.0. The van der Waals surface area contributed by atoms with Gasteiger partial charge in [0.25, 0.3) is 5.24 Å². The van der Waals surface area contributed by atoms with Gasteiger partial charge in [-0.05, 0) is 55.7 Å². The molecule has 1 unspecified atom stereocenters. The minimum Gasteiger partial charge on any atom is -0.324 e. The van der Waals surface area contributed by atoms with E-state index in [-0.39, 0.29) is 32.6 Å². The highest BCUT2D eigenvalue weighted by Gasteiger charge is 2.31. The van der Waals surface area contributed by atoms with Gasteiger partial charge in [-0.15, -0.1) is 0 Å². The maximum absolute atomic E-state index is 12.9. The summed E-state index contributed by atoms with van der Waals surface area (Å²) in [6, 6.07) is 7.00. The first-order valence-corrected chi connectivity index (χ1v) is 12.7. The molecular weight excluding hydrogens is 505 g/mol. The number of benzene rings is 2. The summed E-state index contributed by atoms with van der Waals surface area (Å²) in [5.41, 5.74) is 1.71. The Kier molecular flexibility index (Phi) is 7.45. The predicted octanol–water partition coefficient (Wildman–Crippen LogP) is 4.93. The van der Waals surface area contributed by atoms with Crippen LogP contribution in [0.2, 0.25) is 15.1 Å². The van der Waals surface area contributed by atoms with Crippen molar-refractivity contribution in [2.45, 2.75) is 30.7 Å². The van der Waals surface area contributed by atoms with Gasteiger partial charge in [0.15, 0.2) is 0 Å². The maximum Gasteiger partial charge on any atom is 0.286 e. The van der Waals surface area contributed by atoms with Crippen molar-refractivity contribution < 1.29 is 18.0 Å². The Labute approximate surface area is 199 Å². The second-order valence-corrected chi connectivity index (χ2v) is 10.7. The van der Waals surface area contributed by atoms with E-state index in [1.165, 1.54) is 12.1 Å². The van der Waals surface area contributed by atoms with Crippen LogP contribution in [0, 0.1) is 0 Å². The van der Waals surface area contributed by atoms with Crippen molar-refractivity contribution >= 4 is 79.1 Å². The molecular formula is C19H18Cl3N3O4S2. The van der Waals surface area contributed by atoms with E-state index < -0.39 is 15.9 Å². The number of amides is 2. The monoisotopic (exact) mass is 521 g/mol. The number of fused-ring (bicyclic) bond motifs is 1. The van der Waals surface area contributed by atoms with Gasteiger partial charge in [0.05, 0.1) is 32.1 Å². The molecule has 2 aromatic carbocycles. The van der Waals surface area contributed by atoms with Crippen LogP contribution in [0.5, 0.6) is 0 Å². The van der Waals surface area contributed by atoms with Crippen LogP contribution in [0.15, 0.2) is 35.2 Å². The first kappa shape index (κ1) is 24.2. The highest BCUT2D eigenvalue weighted by molar-refractivity contribution is 8.14. The van der Waals surface area contributed by atoms with E-state index in [2.05, 4.69) is 5.32 Å². The molecule has 0 bridgehead atoms. The molecule has 0 radical (unpaired) electrons. The summed E-state index contributed by atoms with van der Waals surface area (Å²) in [4.78, 5) is 26.6. The van der Waals surface area contributed by atoms with Crippen molar-refractivity contribution in [1.29, 1.82) is 0 Å². The quantitative estimate of drug-likeness (QED) is 0.592. The first-order valence-electron chi connectivity index (χ1n) is 9.03. The summed E-state index contributed by atoms with van der Waals surface area (Å²) < 4.78 is 22.7. The lowest BCUT2D eigenvalue weighted by Gasteiger charge is -2.35. The fraction of sp³-hybridized carbons (Fsp3) is 0.263. The number of nitrogens with two attached hydrogens (primary N) is 1. The molecule has 3 N–H and O–H groups in total. The standard InChI is InChI=1S/C19H18Cl3N3O4S2/c1-10-2-3-11-6-12(20)7-15(22)18(11)25(10)19(27)30-9-17(26)24-16-5-4-13(8-14(16)21)31(23,28)29/h4-8,10H,2-3,9H2,1H3,(H,24,26)(H2,23,28,29). The van der Waals surface area contributed by atoms with Gasteiger partial charge in [0.2, 0.25) is 15.9 Å². The van der Waals surface area contributed by atoms with E-state index in [9.17, 15) is 18.0 Å². The molecule has 1 aliphatic rings. The fourth-order valence-corrected chi connectivity index (χ4v) is 5.42. The van der Waals surface area contributed by atoms with Crippen molar-refractivity contribution in [1.82, 2.24) is 0 Å². The highest BCUT2D eigenvalue weighted by atomic mass is 35.5. The van der Waals surface area contributed by atoms with Crippen LogP contribution in [-0.2, 0) is 21.2 Å². The van der Waals surface area contributed by atoms with Crippen molar-refractivity contribution in [3.8, 4) is 0 Å². The molecule has 2 aromatic rings. The second-order valence-electron chi connectivity index (χ2n) is 6.94. The number of sulfonamides is 1. The molecule has 0 spiro atoms. The Balaban J connectivity index is 1.68. The molecule has 1 atom stereocenters. The van der Waals surface area contributed by atoms with Crippen LogP contribution in [0.3, 0.4) is 0 Å². The number of rotatable bonds is 4. The molecule has 0 saturated heterocycles. The highest BCUT2D eigenvalue weighted by Crippen LogP contribution is 2.40. The summed E-state index contributed by atoms with van der Waals surface area (Å²) in [6.45, 7) is 1.92. The van der Waals surface area contributed by atoms with E-state index in [1.807, 2.05) is 6.92 Å². The summed E-state index contributed by atoms with van der Waals surface area (Å²) in [7, 11) is -3.91. The lowest BCUT2D eigenvalue weighted by atomic mass is 9.97. The van der Waals surface area contributed by atoms with E-state index in [1.54, 1.807) is 17.0 Å². The van der Waals surface area contributed by atoms with E-state index in [0.29, 0.717) is 15.7 Å². The molecule has 166 valence electrons. The minimum absolute atomic E-state index is 0.0124. The van der Waals surface area contributed by atoms with Crippen LogP contribution in [0.4, 0.5) is 16.2 Å². The van der Waals surface area contributed by atoms with Crippen molar-refractivity contribution in [3.05, 3.63) is 51.0 Å². The molecule has 0 aliphatic carbocycles. The van der Waals surface area contributed by atoms with Crippen LogP contribution in [0.1, 0.15) is 18.9 Å². The van der Waals surface area contributed by atoms with Crippen LogP contribution >= 0.6 is 46.6 Å². The van der Waals surface area contributed by atoms with Crippen LogP contribution in [0.25, 0.3) is 0 Å². The molecule has 2 amide bonds. The molecule has 0 fully saturated rings. The molecule has 0 aromatic heterocycles. The summed E-state index contributed by atoms with van der Waals surface area (Å²) >= 11 is 19.3. The van der Waals surface area contributed by atoms with Gasteiger partial charge in [-0.25, -0.2) is 13.6 Å². The van der Waals surface area contributed by atoms with Gasteiger partial charge < -0.3 is 5.32 Å². The smallest absolute Gasteiger partial charge is 0.286 e. The topological polar surface area (TPSA) is 110 Å². The third-order valence-electron chi connectivity index (χ3n) is 4.69. The number of carbonyl (C=O) groups excluding carboxylic acids is 2. The van der Waals surface area contributed by atoms with Crippen molar-refractivity contribution in [2.24, 2.45) is 5.14 Å². The third-order valence-corrected chi connectivity index (χ3v) is 7.27. The number of nitrogens with zero attached hydrogens (tertiary/aromatic N) is 1. The summed E-state index contributed by atoms with van der Waals surface area (Å²) in [5, 5.41) is 8.19. The lowest BCUT2D eigenvalue weighted by molar-refractivity contribution is -0.113. The zero-order valence-electron chi connectivity index (χ0n) is 16.2. The van der Waals surface area contributed by atoms with E-state index >= 15 is 0 Å². The van der Waals surface area contributed by atoms with Crippen molar-refractivity contribution in [3.63, 3.8) is 0 Å². The Morgan fingerprint density at radius 1 is 1.19 bits per heavy atom. The molecule has 12 heteroatoms. The zero-order valence-corrected chi connectivity index (χ0v) is 20.1. The van der Waals surface area contributed by atoms with Crippen molar-refractivity contribution in [2.75, 3.05) is 16.0 Å². The molecule has 1 heterocycles. The van der Waals surface area contributed by atoms with E-state index in [4.69, 9.17) is 39.9 Å². The SMILES string of the molecule is CC1CCc2cc(Cl)cc(Cl)c2N1C(=O)SCC(=O)Nc1ccc(S(N)(=O)=O)cc1Cl.